The molecule has 0 unspecified atom stereocenters. The van der Waals surface area contributed by atoms with Crippen molar-refractivity contribution in [1.82, 2.24) is 0 Å². The lowest BCUT2D eigenvalue weighted by atomic mass is 10.1. The maximum atomic E-state index is 11.1. The lowest BCUT2D eigenvalue weighted by Crippen LogP contribution is -2.00. The van der Waals surface area contributed by atoms with Crippen molar-refractivity contribution in [2.75, 3.05) is 0 Å². The van der Waals surface area contributed by atoms with Gasteiger partial charge in [0.25, 0.3) is 0 Å². The van der Waals surface area contributed by atoms with Crippen LogP contribution >= 0.6 is 26.6 Å². The predicted octanol–water partition coefficient (Wildman–Crippen LogP) is 4.41. The molecule has 2 rings (SSSR count). The molecule has 112 valence electrons. The fraction of sp³-hybridized carbons (Fsp3) is 0.200. The molecular weight excluding hydrogens is 376 g/mol. The SMILES string of the molecule is Cc1cc(CS(=O)(=O)Cl)cc(Br)c1OCc1ccccc1. The highest BCUT2D eigenvalue weighted by molar-refractivity contribution is 9.10. The number of halogens is 2. The van der Waals surface area contributed by atoms with Gasteiger partial charge in [-0.2, -0.15) is 0 Å². The minimum atomic E-state index is -3.57. The third kappa shape index (κ3) is 5.02. The molecule has 0 heterocycles. The number of benzene rings is 2. The monoisotopic (exact) mass is 388 g/mol. The average molecular weight is 390 g/mol. The van der Waals surface area contributed by atoms with E-state index >= 15 is 0 Å². The third-order valence-corrected chi connectivity index (χ3v) is 4.45. The summed E-state index contributed by atoms with van der Waals surface area (Å²) < 4.78 is 28.8. The molecule has 6 heteroatoms. The summed E-state index contributed by atoms with van der Waals surface area (Å²) in [5, 5.41) is 0. The van der Waals surface area contributed by atoms with Gasteiger partial charge in [0.05, 0.1) is 10.2 Å². The smallest absolute Gasteiger partial charge is 0.236 e. The van der Waals surface area contributed by atoms with Gasteiger partial charge in [0.1, 0.15) is 12.4 Å². The fourth-order valence-corrected chi connectivity index (χ4v) is 3.66. The van der Waals surface area contributed by atoms with Gasteiger partial charge in [-0.25, -0.2) is 8.42 Å². The molecule has 0 aliphatic heterocycles. The number of ether oxygens (including phenoxy) is 1. The van der Waals surface area contributed by atoms with Crippen LogP contribution in [0.3, 0.4) is 0 Å². The predicted molar refractivity (Wildman–Crippen MR) is 88.1 cm³/mol. The van der Waals surface area contributed by atoms with E-state index in [2.05, 4.69) is 15.9 Å². The molecule has 0 fully saturated rings. The van der Waals surface area contributed by atoms with Crippen molar-refractivity contribution in [3.8, 4) is 5.75 Å². The van der Waals surface area contributed by atoms with E-state index in [-0.39, 0.29) is 5.75 Å². The van der Waals surface area contributed by atoms with Crippen LogP contribution in [0.5, 0.6) is 5.75 Å². The minimum absolute atomic E-state index is 0.201. The molecular formula is C15H14BrClO3S. The van der Waals surface area contributed by atoms with Crippen LogP contribution in [0.4, 0.5) is 0 Å². The van der Waals surface area contributed by atoms with Gasteiger partial charge in [0.15, 0.2) is 0 Å². The highest BCUT2D eigenvalue weighted by Gasteiger charge is 2.12. The topological polar surface area (TPSA) is 43.4 Å². The van der Waals surface area contributed by atoms with Crippen LogP contribution in [-0.2, 0) is 21.4 Å². The van der Waals surface area contributed by atoms with Crippen LogP contribution in [-0.4, -0.2) is 8.42 Å². The molecule has 0 amide bonds. The summed E-state index contributed by atoms with van der Waals surface area (Å²) in [7, 11) is 1.71. The molecule has 3 nitrogen and oxygen atoms in total. The fourth-order valence-electron chi connectivity index (χ4n) is 2.00. The van der Waals surface area contributed by atoms with E-state index in [9.17, 15) is 8.42 Å². The van der Waals surface area contributed by atoms with Gasteiger partial charge in [-0.1, -0.05) is 36.4 Å². The molecule has 0 saturated heterocycles. The number of hydrogen-bond acceptors (Lipinski definition) is 3. The Morgan fingerprint density at radius 1 is 1.14 bits per heavy atom. The van der Waals surface area contributed by atoms with Crippen molar-refractivity contribution in [2.24, 2.45) is 0 Å². The zero-order valence-electron chi connectivity index (χ0n) is 11.3. The summed E-state index contributed by atoms with van der Waals surface area (Å²) in [6.45, 7) is 2.32. The average Bonchev–Trinajstić information content (AvgIpc) is 2.37. The number of aryl methyl sites for hydroxylation is 1. The Balaban J connectivity index is 2.17. The van der Waals surface area contributed by atoms with Crippen LogP contribution in [0.2, 0.25) is 0 Å². The number of rotatable bonds is 5. The van der Waals surface area contributed by atoms with Gasteiger partial charge in [0, 0.05) is 10.7 Å². The first kappa shape index (κ1) is 16.3. The van der Waals surface area contributed by atoms with Crippen molar-refractivity contribution in [1.29, 1.82) is 0 Å². The second kappa shape index (κ2) is 6.81. The Morgan fingerprint density at radius 2 is 1.81 bits per heavy atom. The van der Waals surface area contributed by atoms with E-state index in [4.69, 9.17) is 15.4 Å². The lowest BCUT2D eigenvalue weighted by Gasteiger charge is -2.13. The number of hydrogen-bond donors (Lipinski definition) is 0. The highest BCUT2D eigenvalue weighted by Crippen LogP contribution is 2.32. The Bertz CT molecular complexity index is 707. The Morgan fingerprint density at radius 3 is 2.38 bits per heavy atom. The maximum absolute atomic E-state index is 11.1. The van der Waals surface area contributed by atoms with Gasteiger partial charge in [0.2, 0.25) is 9.05 Å². The van der Waals surface area contributed by atoms with Crippen LogP contribution in [0.25, 0.3) is 0 Å². The van der Waals surface area contributed by atoms with Crippen LogP contribution in [0.15, 0.2) is 46.9 Å². The first-order chi connectivity index (χ1) is 9.85. The third-order valence-electron chi connectivity index (χ3n) is 2.85. The first-order valence-corrected chi connectivity index (χ1v) is 9.50. The summed E-state index contributed by atoms with van der Waals surface area (Å²) in [4.78, 5) is 0. The maximum Gasteiger partial charge on any atom is 0.236 e. The summed E-state index contributed by atoms with van der Waals surface area (Å²) in [5.74, 6) is 0.502. The summed E-state index contributed by atoms with van der Waals surface area (Å²) in [6, 6.07) is 13.3. The molecule has 0 atom stereocenters. The molecule has 2 aromatic carbocycles. The second-order valence-corrected chi connectivity index (χ2v) is 8.31. The van der Waals surface area contributed by atoms with Crippen molar-refractivity contribution in [3.63, 3.8) is 0 Å². The normalized spacial score (nSPS) is 11.4. The zero-order valence-corrected chi connectivity index (χ0v) is 14.5. The quantitative estimate of drug-likeness (QED) is 0.712. The summed E-state index contributed by atoms with van der Waals surface area (Å²) in [6.07, 6.45) is 0. The minimum Gasteiger partial charge on any atom is -0.487 e. The molecule has 0 aliphatic carbocycles. The summed E-state index contributed by atoms with van der Waals surface area (Å²) >= 11 is 3.42. The molecule has 0 aromatic heterocycles. The Labute approximate surface area is 137 Å². The van der Waals surface area contributed by atoms with Crippen LogP contribution in [0, 0.1) is 6.92 Å². The molecule has 0 bridgehead atoms. The van der Waals surface area contributed by atoms with E-state index < -0.39 is 9.05 Å². The van der Waals surface area contributed by atoms with Crippen LogP contribution in [0.1, 0.15) is 16.7 Å². The molecule has 0 N–H and O–H groups in total. The highest BCUT2D eigenvalue weighted by atomic mass is 79.9. The van der Waals surface area contributed by atoms with E-state index in [1.54, 1.807) is 12.1 Å². The summed E-state index contributed by atoms with van der Waals surface area (Å²) in [5.41, 5.74) is 2.55. The molecule has 0 aliphatic rings. The molecule has 21 heavy (non-hydrogen) atoms. The van der Waals surface area contributed by atoms with Crippen molar-refractivity contribution < 1.29 is 13.2 Å². The molecule has 0 radical (unpaired) electrons. The second-order valence-electron chi connectivity index (χ2n) is 4.68. The van der Waals surface area contributed by atoms with Crippen molar-refractivity contribution >= 4 is 35.7 Å². The first-order valence-electron chi connectivity index (χ1n) is 6.23. The van der Waals surface area contributed by atoms with Gasteiger partial charge in [-0.15, -0.1) is 0 Å². The van der Waals surface area contributed by atoms with E-state index in [0.29, 0.717) is 22.4 Å². The standard InChI is InChI=1S/C15H14BrClO3S/c1-11-7-13(10-21(17,18)19)8-14(16)15(11)20-9-12-5-3-2-4-6-12/h2-8H,9-10H2,1H3. The van der Waals surface area contributed by atoms with Crippen molar-refractivity contribution in [2.45, 2.75) is 19.3 Å². The molecule has 2 aromatic rings. The lowest BCUT2D eigenvalue weighted by molar-refractivity contribution is 0.302. The Kier molecular flexibility index (Phi) is 5.30. The van der Waals surface area contributed by atoms with E-state index in [1.165, 1.54) is 0 Å². The van der Waals surface area contributed by atoms with Crippen molar-refractivity contribution in [3.05, 3.63) is 63.6 Å². The zero-order chi connectivity index (χ0) is 15.5. The van der Waals surface area contributed by atoms with Gasteiger partial charge < -0.3 is 4.74 Å². The van der Waals surface area contributed by atoms with Gasteiger partial charge in [-0.3, -0.25) is 0 Å². The Hall–Kier alpha value is -1.04. The molecule has 0 spiro atoms. The van der Waals surface area contributed by atoms with Crippen LogP contribution < -0.4 is 4.74 Å². The van der Waals surface area contributed by atoms with Gasteiger partial charge in [-0.05, 0) is 45.6 Å². The van der Waals surface area contributed by atoms with Gasteiger partial charge >= 0.3 is 0 Å². The largest absolute Gasteiger partial charge is 0.487 e. The van der Waals surface area contributed by atoms with E-state index in [1.807, 2.05) is 37.3 Å². The molecule has 0 saturated carbocycles. The van der Waals surface area contributed by atoms with E-state index in [0.717, 1.165) is 11.1 Å².